The van der Waals surface area contributed by atoms with E-state index in [4.69, 9.17) is 9.63 Å². The Morgan fingerprint density at radius 1 is 1.23 bits per heavy atom. The number of benzene rings is 1. The molecule has 0 bridgehead atoms. The molecule has 1 fully saturated rings. The molecule has 138 valence electrons. The van der Waals surface area contributed by atoms with Gasteiger partial charge in [-0.1, -0.05) is 38.1 Å². The van der Waals surface area contributed by atoms with Crippen LogP contribution in [0.2, 0.25) is 0 Å². The quantitative estimate of drug-likeness (QED) is 0.871. The molecular weight excluding hydrogens is 334 g/mol. The van der Waals surface area contributed by atoms with E-state index in [1.807, 2.05) is 26.8 Å². The Hall–Kier alpha value is -2.70. The Bertz CT molecular complexity index is 822. The summed E-state index contributed by atoms with van der Waals surface area (Å²) in [6, 6.07) is 6.92. The van der Waals surface area contributed by atoms with Crippen LogP contribution in [0.3, 0.4) is 0 Å². The highest BCUT2D eigenvalue weighted by Gasteiger charge is 2.31. The lowest BCUT2D eigenvalue weighted by molar-refractivity contribution is -0.141. The van der Waals surface area contributed by atoms with Gasteiger partial charge in [-0.3, -0.25) is 9.59 Å². The maximum atomic E-state index is 12.7. The third-order valence-electron chi connectivity index (χ3n) is 4.62. The molecule has 1 saturated carbocycles. The predicted molar refractivity (Wildman–Crippen MR) is 94.7 cm³/mol. The molecule has 3 rings (SSSR count). The number of amides is 1. The second-order valence-corrected chi connectivity index (χ2v) is 7.74. The number of carbonyl (C=O) groups excluding carboxylic acids is 1. The Morgan fingerprint density at radius 3 is 2.58 bits per heavy atom. The normalized spacial score (nSPS) is 20.1. The van der Waals surface area contributed by atoms with Crippen LogP contribution < -0.4 is 5.32 Å². The van der Waals surface area contributed by atoms with Crippen LogP contribution in [0.4, 0.5) is 0 Å². The minimum Gasteiger partial charge on any atom is -0.481 e. The molecule has 0 unspecified atom stereocenters. The van der Waals surface area contributed by atoms with Crippen LogP contribution in [0, 0.1) is 5.92 Å². The molecule has 1 aromatic heterocycles. The maximum Gasteiger partial charge on any atom is 0.306 e. The van der Waals surface area contributed by atoms with Crippen molar-refractivity contribution in [2.75, 3.05) is 0 Å². The summed E-state index contributed by atoms with van der Waals surface area (Å²) < 4.78 is 5.37. The van der Waals surface area contributed by atoms with Gasteiger partial charge < -0.3 is 14.9 Å². The van der Waals surface area contributed by atoms with Crippen LogP contribution in [-0.2, 0) is 10.2 Å². The second-order valence-electron chi connectivity index (χ2n) is 7.74. The molecule has 1 amide bonds. The first kappa shape index (κ1) is 18.1. The highest BCUT2D eigenvalue weighted by Crippen LogP contribution is 2.28. The largest absolute Gasteiger partial charge is 0.481 e. The number of carbonyl (C=O) groups is 2. The first-order valence-corrected chi connectivity index (χ1v) is 8.73. The van der Waals surface area contributed by atoms with Gasteiger partial charge in [0, 0.05) is 11.5 Å². The first-order valence-electron chi connectivity index (χ1n) is 8.73. The van der Waals surface area contributed by atoms with Crippen LogP contribution in [0.1, 0.15) is 56.2 Å². The topological polar surface area (TPSA) is 105 Å². The predicted octanol–water partition coefficient (Wildman–Crippen LogP) is 3.02. The number of carboxylic acids is 1. The van der Waals surface area contributed by atoms with Gasteiger partial charge in [0.2, 0.25) is 0 Å². The lowest BCUT2D eigenvalue weighted by Crippen LogP contribution is -2.33. The number of hydrogen-bond acceptors (Lipinski definition) is 5. The summed E-state index contributed by atoms with van der Waals surface area (Å²) >= 11 is 0. The van der Waals surface area contributed by atoms with Crippen molar-refractivity contribution in [3.05, 3.63) is 35.7 Å². The van der Waals surface area contributed by atoms with Gasteiger partial charge in [-0.15, -0.1) is 0 Å². The van der Waals surface area contributed by atoms with Crippen molar-refractivity contribution < 1.29 is 19.2 Å². The molecule has 2 N–H and O–H groups in total. The monoisotopic (exact) mass is 357 g/mol. The van der Waals surface area contributed by atoms with E-state index in [1.54, 1.807) is 18.2 Å². The van der Waals surface area contributed by atoms with Crippen LogP contribution in [-0.4, -0.2) is 33.2 Å². The number of nitrogens with one attached hydrogen (secondary N) is 1. The molecule has 1 aliphatic rings. The van der Waals surface area contributed by atoms with Gasteiger partial charge in [-0.05, 0) is 31.4 Å². The minimum absolute atomic E-state index is 0.135. The molecule has 1 aliphatic carbocycles. The summed E-state index contributed by atoms with van der Waals surface area (Å²) in [5.41, 5.74) is 0.755. The Morgan fingerprint density at radius 2 is 1.96 bits per heavy atom. The van der Waals surface area contributed by atoms with Crippen molar-refractivity contribution in [1.29, 1.82) is 0 Å². The molecule has 7 heteroatoms. The molecule has 0 spiro atoms. The molecule has 7 nitrogen and oxygen atoms in total. The van der Waals surface area contributed by atoms with Crippen molar-refractivity contribution in [1.82, 2.24) is 15.5 Å². The molecule has 0 aliphatic heterocycles. The third-order valence-corrected chi connectivity index (χ3v) is 4.62. The number of hydrogen-bond donors (Lipinski definition) is 2. The van der Waals surface area contributed by atoms with Crippen molar-refractivity contribution in [3.63, 3.8) is 0 Å². The lowest BCUT2D eigenvalue weighted by atomic mass is 9.96. The third kappa shape index (κ3) is 3.76. The minimum atomic E-state index is -0.803. The van der Waals surface area contributed by atoms with Gasteiger partial charge in [0.1, 0.15) is 0 Å². The maximum absolute atomic E-state index is 12.7. The van der Waals surface area contributed by atoms with Gasteiger partial charge in [0.05, 0.1) is 17.0 Å². The highest BCUT2D eigenvalue weighted by atomic mass is 16.5. The summed E-state index contributed by atoms with van der Waals surface area (Å²) in [4.78, 5) is 28.2. The summed E-state index contributed by atoms with van der Waals surface area (Å²) in [7, 11) is 0. The molecule has 0 saturated heterocycles. The zero-order valence-electron chi connectivity index (χ0n) is 15.2. The molecular formula is C19H23N3O4. The number of carboxylic acid groups (broad SMARTS) is 1. The standard InChI is InChI=1S/C19H23N3O4/c1-19(2,3)18-21-16(26-22-18)14-7-5-4-6-13(14)15(23)20-12-9-8-11(10-12)17(24)25/h4-7,11-12H,8-10H2,1-3H3,(H,20,23)(H,24,25)/t11-,12+/m1/s1. The lowest BCUT2D eigenvalue weighted by Gasteiger charge is -2.14. The summed E-state index contributed by atoms with van der Waals surface area (Å²) in [6.45, 7) is 5.96. The van der Waals surface area contributed by atoms with E-state index in [1.165, 1.54) is 0 Å². The Kier molecular flexibility index (Phi) is 4.80. The molecule has 26 heavy (non-hydrogen) atoms. The smallest absolute Gasteiger partial charge is 0.306 e. The Balaban J connectivity index is 1.80. The van der Waals surface area contributed by atoms with E-state index in [0.29, 0.717) is 42.1 Å². The van der Waals surface area contributed by atoms with Gasteiger partial charge in [-0.25, -0.2) is 0 Å². The van der Waals surface area contributed by atoms with E-state index in [9.17, 15) is 9.59 Å². The van der Waals surface area contributed by atoms with Crippen molar-refractivity contribution >= 4 is 11.9 Å². The fourth-order valence-corrected chi connectivity index (χ4v) is 3.11. The van der Waals surface area contributed by atoms with Gasteiger partial charge in [-0.2, -0.15) is 4.98 Å². The Labute approximate surface area is 151 Å². The van der Waals surface area contributed by atoms with Gasteiger partial charge >= 0.3 is 5.97 Å². The van der Waals surface area contributed by atoms with E-state index in [0.717, 1.165) is 0 Å². The molecule has 2 aromatic rings. The van der Waals surface area contributed by atoms with Crippen molar-refractivity contribution in [2.24, 2.45) is 5.92 Å². The second kappa shape index (κ2) is 6.90. The zero-order valence-corrected chi connectivity index (χ0v) is 15.2. The van der Waals surface area contributed by atoms with E-state index in [2.05, 4.69) is 15.5 Å². The van der Waals surface area contributed by atoms with Crippen molar-refractivity contribution in [3.8, 4) is 11.5 Å². The fraction of sp³-hybridized carbons (Fsp3) is 0.474. The highest BCUT2D eigenvalue weighted by molar-refractivity contribution is 6.00. The van der Waals surface area contributed by atoms with Crippen molar-refractivity contribution in [2.45, 2.75) is 51.5 Å². The van der Waals surface area contributed by atoms with Crippen LogP contribution in [0.15, 0.2) is 28.8 Å². The van der Waals surface area contributed by atoms with Gasteiger partial charge in [0.15, 0.2) is 5.82 Å². The van der Waals surface area contributed by atoms with E-state index in [-0.39, 0.29) is 23.3 Å². The number of aromatic nitrogens is 2. The van der Waals surface area contributed by atoms with Gasteiger partial charge in [0.25, 0.3) is 11.8 Å². The average Bonchev–Trinajstić information content (AvgIpc) is 3.24. The first-order chi connectivity index (χ1) is 12.3. The number of rotatable bonds is 4. The molecule has 1 heterocycles. The van der Waals surface area contributed by atoms with Crippen LogP contribution >= 0.6 is 0 Å². The van der Waals surface area contributed by atoms with E-state index >= 15 is 0 Å². The fourth-order valence-electron chi connectivity index (χ4n) is 3.11. The summed E-state index contributed by atoms with van der Waals surface area (Å²) in [6.07, 6.45) is 1.71. The molecule has 0 radical (unpaired) electrons. The average molecular weight is 357 g/mol. The SMILES string of the molecule is CC(C)(C)c1noc(-c2ccccc2C(=O)N[C@H]2CC[C@@H](C(=O)O)C2)n1. The molecule has 1 aromatic carbocycles. The number of nitrogens with zero attached hydrogens (tertiary/aromatic N) is 2. The van der Waals surface area contributed by atoms with Crippen LogP contribution in [0.25, 0.3) is 11.5 Å². The summed E-state index contributed by atoms with van der Waals surface area (Å²) in [5, 5.41) is 16.1. The number of aliphatic carboxylic acids is 1. The zero-order chi connectivity index (χ0) is 18.9. The molecule has 2 atom stereocenters. The summed E-state index contributed by atoms with van der Waals surface area (Å²) in [5.74, 6) is -0.575. The van der Waals surface area contributed by atoms with E-state index < -0.39 is 5.97 Å². The van der Waals surface area contributed by atoms with Crippen LogP contribution in [0.5, 0.6) is 0 Å².